The monoisotopic (exact) mass is 251 g/mol. The molecule has 1 saturated carbocycles. The minimum absolute atomic E-state index is 0.949. The molecule has 1 rings (SSSR count). The number of unbranched alkanes of at least 4 members (excludes halogenated alkanes) is 4. The van der Waals surface area contributed by atoms with Crippen molar-refractivity contribution in [1.29, 1.82) is 0 Å². The molecule has 0 aromatic carbocycles. The molecule has 0 amide bonds. The first-order valence-electron chi connectivity index (χ1n) is 8.64. The van der Waals surface area contributed by atoms with Crippen LogP contribution in [0.1, 0.15) is 97.3 Å². The van der Waals surface area contributed by atoms with Crippen LogP contribution in [0.2, 0.25) is 0 Å². The first kappa shape index (κ1) is 16.1. The van der Waals surface area contributed by atoms with Crippen LogP contribution in [0.5, 0.6) is 0 Å². The standard InChI is InChI=1S/C18H35/c1-3-4-5-7-12-17(2)13-10-11-16-18-14-8-6-9-15-18/h5,17-18H,3-4,6-16H2,1-2H3. The third-order valence-corrected chi connectivity index (χ3v) is 4.64. The van der Waals surface area contributed by atoms with Gasteiger partial charge < -0.3 is 0 Å². The van der Waals surface area contributed by atoms with E-state index in [1.807, 2.05) is 0 Å². The Kier molecular flexibility index (Phi) is 9.70. The zero-order valence-corrected chi connectivity index (χ0v) is 12.9. The molecule has 0 aliphatic heterocycles. The first-order chi connectivity index (χ1) is 8.83. The van der Waals surface area contributed by atoms with E-state index in [9.17, 15) is 0 Å². The van der Waals surface area contributed by atoms with E-state index in [0.717, 1.165) is 11.8 Å². The van der Waals surface area contributed by atoms with Crippen molar-refractivity contribution in [2.24, 2.45) is 11.8 Å². The van der Waals surface area contributed by atoms with Gasteiger partial charge >= 0.3 is 0 Å². The lowest BCUT2D eigenvalue weighted by Crippen LogP contribution is -2.06. The maximum absolute atomic E-state index is 2.48. The van der Waals surface area contributed by atoms with Crippen molar-refractivity contribution in [2.45, 2.75) is 97.3 Å². The van der Waals surface area contributed by atoms with Gasteiger partial charge in [0.15, 0.2) is 0 Å². The second kappa shape index (κ2) is 10.9. The molecule has 0 spiro atoms. The van der Waals surface area contributed by atoms with Gasteiger partial charge in [0, 0.05) is 0 Å². The summed E-state index contributed by atoms with van der Waals surface area (Å²) in [5, 5.41) is 0. The van der Waals surface area contributed by atoms with Crippen LogP contribution in [0, 0.1) is 18.3 Å². The average Bonchev–Trinajstić information content (AvgIpc) is 2.41. The summed E-state index contributed by atoms with van der Waals surface area (Å²) >= 11 is 0. The van der Waals surface area contributed by atoms with E-state index in [1.54, 1.807) is 0 Å². The average molecular weight is 251 g/mol. The zero-order valence-electron chi connectivity index (χ0n) is 12.9. The Bertz CT molecular complexity index is 167. The fraction of sp³-hybridized carbons (Fsp3) is 0.944. The molecule has 1 aliphatic rings. The fourth-order valence-corrected chi connectivity index (χ4v) is 3.30. The molecule has 1 atom stereocenters. The van der Waals surface area contributed by atoms with E-state index in [1.165, 1.54) is 83.5 Å². The number of rotatable bonds is 10. The molecule has 0 saturated heterocycles. The maximum atomic E-state index is 2.48. The van der Waals surface area contributed by atoms with Gasteiger partial charge in [0.1, 0.15) is 0 Å². The van der Waals surface area contributed by atoms with Gasteiger partial charge in [-0.15, -0.1) is 0 Å². The van der Waals surface area contributed by atoms with Gasteiger partial charge in [0.25, 0.3) is 0 Å². The van der Waals surface area contributed by atoms with Crippen LogP contribution in [0.15, 0.2) is 0 Å². The Hall–Kier alpha value is 0. The lowest BCUT2D eigenvalue weighted by Gasteiger charge is -2.21. The Morgan fingerprint density at radius 1 is 1.00 bits per heavy atom. The second-order valence-corrected chi connectivity index (χ2v) is 6.55. The summed E-state index contributed by atoms with van der Waals surface area (Å²) in [5.74, 6) is 2.04. The zero-order chi connectivity index (χ0) is 13.1. The van der Waals surface area contributed by atoms with Gasteiger partial charge in [0.2, 0.25) is 0 Å². The fourth-order valence-electron chi connectivity index (χ4n) is 3.30. The summed E-state index contributed by atoms with van der Waals surface area (Å²) < 4.78 is 0. The molecule has 0 heterocycles. The van der Waals surface area contributed by atoms with Crippen LogP contribution in [0.4, 0.5) is 0 Å². The Labute approximate surface area is 116 Å². The Balaban J connectivity index is 1.86. The van der Waals surface area contributed by atoms with Crippen molar-refractivity contribution < 1.29 is 0 Å². The number of hydrogen-bond donors (Lipinski definition) is 0. The van der Waals surface area contributed by atoms with Gasteiger partial charge in [-0.3, -0.25) is 0 Å². The van der Waals surface area contributed by atoms with E-state index in [-0.39, 0.29) is 0 Å². The first-order valence-corrected chi connectivity index (χ1v) is 8.64. The summed E-state index contributed by atoms with van der Waals surface area (Å²) in [6.07, 6.45) is 21.4. The predicted octanol–water partition coefficient (Wildman–Crippen LogP) is 6.55. The highest BCUT2D eigenvalue weighted by Gasteiger charge is 2.12. The molecule has 0 bridgehead atoms. The van der Waals surface area contributed by atoms with Crippen LogP contribution in [-0.4, -0.2) is 0 Å². The van der Waals surface area contributed by atoms with E-state index >= 15 is 0 Å². The van der Waals surface area contributed by atoms with Gasteiger partial charge in [-0.1, -0.05) is 90.9 Å². The van der Waals surface area contributed by atoms with Crippen molar-refractivity contribution in [3.63, 3.8) is 0 Å². The topological polar surface area (TPSA) is 0 Å². The van der Waals surface area contributed by atoms with Gasteiger partial charge in [-0.05, 0) is 24.7 Å². The summed E-state index contributed by atoms with van der Waals surface area (Å²) in [5.41, 5.74) is 0. The molecule has 107 valence electrons. The molecule has 18 heavy (non-hydrogen) atoms. The van der Waals surface area contributed by atoms with E-state index in [2.05, 4.69) is 20.3 Å². The summed E-state index contributed by atoms with van der Waals surface area (Å²) in [7, 11) is 0. The SMILES string of the molecule is CCC[CH]CCC(C)CCCCC1CCCCC1. The highest BCUT2D eigenvalue weighted by Crippen LogP contribution is 2.28. The summed E-state index contributed by atoms with van der Waals surface area (Å²) in [6.45, 7) is 4.71. The van der Waals surface area contributed by atoms with E-state index in [0.29, 0.717) is 0 Å². The van der Waals surface area contributed by atoms with Gasteiger partial charge in [-0.25, -0.2) is 0 Å². The summed E-state index contributed by atoms with van der Waals surface area (Å²) in [4.78, 5) is 0. The molecule has 1 aliphatic carbocycles. The smallest absolute Gasteiger partial charge is 0.0386 e. The lowest BCUT2D eigenvalue weighted by molar-refractivity contribution is 0.323. The third-order valence-electron chi connectivity index (χ3n) is 4.64. The van der Waals surface area contributed by atoms with Crippen LogP contribution < -0.4 is 0 Å². The Morgan fingerprint density at radius 3 is 2.50 bits per heavy atom. The van der Waals surface area contributed by atoms with Gasteiger partial charge in [-0.2, -0.15) is 0 Å². The molecule has 0 heteroatoms. The van der Waals surface area contributed by atoms with E-state index < -0.39 is 0 Å². The largest absolute Gasteiger partial charge is 0.0654 e. The van der Waals surface area contributed by atoms with Crippen molar-refractivity contribution in [3.05, 3.63) is 6.42 Å². The van der Waals surface area contributed by atoms with Crippen molar-refractivity contribution in [2.75, 3.05) is 0 Å². The molecular formula is C18H35. The minimum atomic E-state index is 0.949. The lowest BCUT2D eigenvalue weighted by atomic mass is 9.85. The Morgan fingerprint density at radius 2 is 1.78 bits per heavy atom. The quantitative estimate of drug-likeness (QED) is 0.386. The highest BCUT2D eigenvalue weighted by molar-refractivity contribution is 4.68. The molecule has 1 radical (unpaired) electrons. The molecule has 0 N–H and O–H groups in total. The minimum Gasteiger partial charge on any atom is -0.0654 e. The normalized spacial score (nSPS) is 19.0. The highest BCUT2D eigenvalue weighted by atomic mass is 14.2. The van der Waals surface area contributed by atoms with Crippen molar-refractivity contribution in [1.82, 2.24) is 0 Å². The third kappa shape index (κ3) is 8.16. The molecule has 0 nitrogen and oxygen atoms in total. The number of hydrogen-bond acceptors (Lipinski definition) is 0. The predicted molar refractivity (Wildman–Crippen MR) is 82.6 cm³/mol. The molecule has 1 fully saturated rings. The van der Waals surface area contributed by atoms with Crippen LogP contribution in [0.3, 0.4) is 0 Å². The van der Waals surface area contributed by atoms with Crippen molar-refractivity contribution in [3.8, 4) is 0 Å². The maximum Gasteiger partial charge on any atom is -0.0386 e. The molecule has 1 unspecified atom stereocenters. The summed E-state index contributed by atoms with van der Waals surface area (Å²) in [6, 6.07) is 0. The van der Waals surface area contributed by atoms with Crippen LogP contribution in [0.25, 0.3) is 0 Å². The van der Waals surface area contributed by atoms with Crippen LogP contribution >= 0.6 is 0 Å². The molecule has 0 aromatic heterocycles. The van der Waals surface area contributed by atoms with Crippen molar-refractivity contribution >= 4 is 0 Å². The molecular weight excluding hydrogens is 216 g/mol. The van der Waals surface area contributed by atoms with E-state index in [4.69, 9.17) is 0 Å². The molecule has 0 aromatic rings. The second-order valence-electron chi connectivity index (χ2n) is 6.55. The van der Waals surface area contributed by atoms with Crippen LogP contribution in [-0.2, 0) is 0 Å². The van der Waals surface area contributed by atoms with Gasteiger partial charge in [0.05, 0.1) is 0 Å².